The summed E-state index contributed by atoms with van der Waals surface area (Å²) in [5.41, 5.74) is 4.31. The van der Waals surface area contributed by atoms with Gasteiger partial charge in [0, 0.05) is 17.7 Å². The van der Waals surface area contributed by atoms with Gasteiger partial charge in [-0.2, -0.15) is 16.9 Å². The van der Waals surface area contributed by atoms with Crippen LogP contribution in [0.25, 0.3) is 0 Å². The van der Waals surface area contributed by atoms with Crippen LogP contribution in [0.5, 0.6) is 0 Å². The van der Waals surface area contributed by atoms with E-state index in [4.69, 9.17) is 0 Å². The molecule has 2 heterocycles. The molecule has 0 unspecified atom stereocenters. The molecule has 1 aromatic heterocycles. The lowest BCUT2D eigenvalue weighted by atomic mass is 10.1. The van der Waals surface area contributed by atoms with Gasteiger partial charge in [0.15, 0.2) is 6.29 Å². The highest BCUT2D eigenvalue weighted by molar-refractivity contribution is 7.98. The first kappa shape index (κ1) is 11.8. The molecule has 0 bridgehead atoms. The van der Waals surface area contributed by atoms with E-state index >= 15 is 0 Å². The summed E-state index contributed by atoms with van der Waals surface area (Å²) in [7, 11) is 0. The van der Waals surface area contributed by atoms with E-state index in [9.17, 15) is 4.79 Å². The number of carbonyl (C=O) groups excluding carboxylic acids is 1. The lowest BCUT2D eigenvalue weighted by molar-refractivity contribution is 0.111. The van der Waals surface area contributed by atoms with Gasteiger partial charge >= 0.3 is 0 Å². The summed E-state index contributed by atoms with van der Waals surface area (Å²) in [4.78, 5) is 11.3. The smallest absolute Gasteiger partial charge is 0.168 e. The molecule has 0 saturated carbocycles. The standard InChI is InChI=1S/C14H16N2OS/c17-9-14-12-10-18-7-6-13(12)15-16(14)8-11-4-2-1-3-5-11/h2,4-5,9H,1,3,6-8,10H2. The van der Waals surface area contributed by atoms with E-state index in [0.29, 0.717) is 0 Å². The van der Waals surface area contributed by atoms with Crippen molar-refractivity contribution >= 4 is 18.0 Å². The van der Waals surface area contributed by atoms with E-state index in [1.54, 1.807) is 0 Å². The van der Waals surface area contributed by atoms with Crippen LogP contribution in [0, 0.1) is 0 Å². The van der Waals surface area contributed by atoms with E-state index in [0.717, 1.165) is 60.6 Å². The number of rotatable bonds is 3. The van der Waals surface area contributed by atoms with Gasteiger partial charge in [0.1, 0.15) is 5.69 Å². The highest BCUT2D eigenvalue weighted by Crippen LogP contribution is 2.27. The topological polar surface area (TPSA) is 34.9 Å². The molecule has 0 amide bonds. The van der Waals surface area contributed by atoms with Gasteiger partial charge < -0.3 is 0 Å². The van der Waals surface area contributed by atoms with Crippen LogP contribution < -0.4 is 0 Å². The number of aldehydes is 1. The van der Waals surface area contributed by atoms with Crippen LogP contribution >= 0.6 is 11.8 Å². The molecule has 0 aromatic carbocycles. The van der Waals surface area contributed by atoms with Crippen molar-refractivity contribution in [2.75, 3.05) is 5.75 Å². The third-order valence-corrected chi connectivity index (χ3v) is 4.41. The zero-order chi connectivity index (χ0) is 12.4. The summed E-state index contributed by atoms with van der Waals surface area (Å²) >= 11 is 1.89. The Hall–Kier alpha value is -1.29. The minimum atomic E-state index is 0.724. The molecule has 94 valence electrons. The molecular formula is C14H16N2OS. The fourth-order valence-corrected chi connectivity index (χ4v) is 3.48. The van der Waals surface area contributed by atoms with Gasteiger partial charge in [-0.15, -0.1) is 0 Å². The molecule has 3 nitrogen and oxygen atoms in total. The molecule has 2 aliphatic rings. The molecule has 0 saturated heterocycles. The predicted molar refractivity (Wildman–Crippen MR) is 73.9 cm³/mol. The van der Waals surface area contributed by atoms with Crippen molar-refractivity contribution in [3.8, 4) is 0 Å². The number of carbonyl (C=O) groups is 1. The van der Waals surface area contributed by atoms with Crippen LogP contribution in [-0.2, 0) is 18.7 Å². The summed E-state index contributed by atoms with van der Waals surface area (Å²) < 4.78 is 1.88. The van der Waals surface area contributed by atoms with E-state index in [-0.39, 0.29) is 0 Å². The van der Waals surface area contributed by atoms with Crippen LogP contribution in [0.1, 0.15) is 34.6 Å². The molecule has 0 N–H and O–H groups in total. The number of thioether (sulfide) groups is 1. The molecular weight excluding hydrogens is 244 g/mol. The Morgan fingerprint density at radius 2 is 2.39 bits per heavy atom. The van der Waals surface area contributed by atoms with Crippen molar-refractivity contribution in [1.82, 2.24) is 9.78 Å². The lowest BCUT2D eigenvalue weighted by Crippen LogP contribution is -2.07. The van der Waals surface area contributed by atoms with Crippen molar-refractivity contribution in [3.63, 3.8) is 0 Å². The number of fused-ring (bicyclic) bond motifs is 1. The molecule has 1 aliphatic heterocycles. The fourth-order valence-electron chi connectivity index (χ4n) is 2.48. The summed E-state index contributed by atoms with van der Waals surface area (Å²) in [5, 5.41) is 4.61. The highest BCUT2D eigenvalue weighted by atomic mass is 32.2. The van der Waals surface area contributed by atoms with Gasteiger partial charge in [0.05, 0.1) is 12.2 Å². The third-order valence-electron chi connectivity index (χ3n) is 3.42. The Morgan fingerprint density at radius 1 is 1.44 bits per heavy atom. The van der Waals surface area contributed by atoms with E-state index in [2.05, 4.69) is 23.3 Å². The number of nitrogens with zero attached hydrogens (tertiary/aromatic N) is 2. The average molecular weight is 260 g/mol. The van der Waals surface area contributed by atoms with E-state index in [1.165, 1.54) is 5.57 Å². The predicted octanol–water partition coefficient (Wildman–Crippen LogP) is 2.76. The fraction of sp³-hybridized carbons (Fsp3) is 0.429. The van der Waals surface area contributed by atoms with Crippen molar-refractivity contribution in [2.24, 2.45) is 0 Å². The number of hydrogen-bond acceptors (Lipinski definition) is 3. The molecule has 1 aliphatic carbocycles. The molecule has 18 heavy (non-hydrogen) atoms. The number of hydrogen-bond donors (Lipinski definition) is 0. The van der Waals surface area contributed by atoms with Crippen molar-refractivity contribution in [2.45, 2.75) is 31.6 Å². The molecule has 3 rings (SSSR count). The second kappa shape index (κ2) is 5.14. The Balaban J connectivity index is 1.91. The summed E-state index contributed by atoms with van der Waals surface area (Å²) in [5.74, 6) is 2.04. The Bertz CT molecular complexity index is 528. The van der Waals surface area contributed by atoms with Gasteiger partial charge in [-0.3, -0.25) is 9.48 Å². The maximum absolute atomic E-state index is 11.3. The quantitative estimate of drug-likeness (QED) is 0.784. The summed E-state index contributed by atoms with van der Waals surface area (Å²) in [6.45, 7) is 0.724. The summed E-state index contributed by atoms with van der Waals surface area (Å²) in [6.07, 6.45) is 10.7. The minimum Gasteiger partial charge on any atom is -0.296 e. The van der Waals surface area contributed by atoms with Crippen LogP contribution in [0.15, 0.2) is 23.8 Å². The van der Waals surface area contributed by atoms with Crippen LogP contribution in [0.3, 0.4) is 0 Å². The molecule has 1 aromatic rings. The van der Waals surface area contributed by atoms with Crippen LogP contribution in [0.4, 0.5) is 0 Å². The Kier molecular flexibility index (Phi) is 3.37. The molecule has 0 atom stereocenters. The monoisotopic (exact) mass is 260 g/mol. The van der Waals surface area contributed by atoms with E-state index in [1.807, 2.05) is 16.4 Å². The number of aryl methyl sites for hydroxylation is 1. The SMILES string of the molecule is O=Cc1c2c(nn1CC1=CCCC=C1)CCSC2. The zero-order valence-electron chi connectivity index (χ0n) is 10.3. The molecule has 0 spiro atoms. The van der Waals surface area contributed by atoms with Gasteiger partial charge in [-0.05, 0) is 24.2 Å². The van der Waals surface area contributed by atoms with E-state index < -0.39 is 0 Å². The number of aromatic nitrogens is 2. The van der Waals surface area contributed by atoms with Crippen LogP contribution in [0.2, 0.25) is 0 Å². The minimum absolute atomic E-state index is 0.724. The van der Waals surface area contributed by atoms with Gasteiger partial charge in [0.25, 0.3) is 0 Å². The van der Waals surface area contributed by atoms with Gasteiger partial charge in [-0.25, -0.2) is 0 Å². The third kappa shape index (κ3) is 2.17. The molecule has 4 heteroatoms. The average Bonchev–Trinajstić information content (AvgIpc) is 2.77. The highest BCUT2D eigenvalue weighted by Gasteiger charge is 2.20. The van der Waals surface area contributed by atoms with Crippen molar-refractivity contribution < 1.29 is 4.79 Å². The number of allylic oxidation sites excluding steroid dienone is 4. The second-order valence-corrected chi connectivity index (χ2v) is 5.75. The molecule has 0 fully saturated rings. The Labute approximate surface area is 111 Å². The summed E-state index contributed by atoms with van der Waals surface area (Å²) in [6, 6.07) is 0. The lowest BCUT2D eigenvalue weighted by Gasteiger charge is -2.09. The largest absolute Gasteiger partial charge is 0.296 e. The first-order valence-electron chi connectivity index (χ1n) is 6.35. The first-order chi connectivity index (χ1) is 8.88. The maximum Gasteiger partial charge on any atom is 0.168 e. The van der Waals surface area contributed by atoms with Crippen molar-refractivity contribution in [1.29, 1.82) is 0 Å². The Morgan fingerprint density at radius 3 is 3.17 bits per heavy atom. The van der Waals surface area contributed by atoms with Gasteiger partial charge in [-0.1, -0.05) is 18.2 Å². The van der Waals surface area contributed by atoms with Crippen LogP contribution in [-0.4, -0.2) is 21.8 Å². The maximum atomic E-state index is 11.3. The normalized spacial score (nSPS) is 18.3. The second-order valence-electron chi connectivity index (χ2n) is 4.65. The molecule has 0 radical (unpaired) electrons. The first-order valence-corrected chi connectivity index (χ1v) is 7.51. The van der Waals surface area contributed by atoms with Crippen molar-refractivity contribution in [3.05, 3.63) is 40.8 Å². The zero-order valence-corrected chi connectivity index (χ0v) is 11.1. The van der Waals surface area contributed by atoms with Gasteiger partial charge in [0.2, 0.25) is 0 Å².